The number of H-pyrrole nitrogens is 1. The predicted molar refractivity (Wildman–Crippen MR) is 53.4 cm³/mol. The number of fused-ring (bicyclic) bond motifs is 1. The van der Waals surface area contributed by atoms with Gasteiger partial charge in [0.2, 0.25) is 0 Å². The Morgan fingerprint density at radius 1 is 1.36 bits per heavy atom. The molecule has 0 atom stereocenters. The van der Waals surface area contributed by atoms with E-state index in [2.05, 4.69) is 4.98 Å². The number of nitrogens with two attached hydrogens (primary N) is 1. The molecule has 14 heavy (non-hydrogen) atoms. The lowest BCUT2D eigenvalue weighted by atomic mass is 10.0. The Labute approximate surface area is 80.9 Å². The molecule has 0 amide bonds. The third kappa shape index (κ3) is 0.990. The molecule has 72 valence electrons. The fraction of sp³-hybridized carbons (Fsp3) is 0.273. The first-order chi connectivity index (χ1) is 6.69. The Balaban J connectivity index is 2.27. The van der Waals surface area contributed by atoms with Gasteiger partial charge in [0.25, 0.3) is 0 Å². The minimum Gasteiger partial charge on any atom is -0.359 e. The first kappa shape index (κ1) is 8.00. The molecular weight excluding hydrogens is 179 g/mol. The van der Waals surface area contributed by atoms with Crippen molar-refractivity contribution in [3.05, 3.63) is 35.8 Å². The van der Waals surface area contributed by atoms with Crippen LogP contribution in [0.2, 0.25) is 0 Å². The van der Waals surface area contributed by atoms with E-state index in [1.54, 1.807) is 12.3 Å². The fourth-order valence-electron chi connectivity index (χ4n) is 1.84. The van der Waals surface area contributed by atoms with Crippen molar-refractivity contribution in [3.8, 4) is 0 Å². The molecule has 1 heterocycles. The van der Waals surface area contributed by atoms with Crippen LogP contribution in [0.25, 0.3) is 10.9 Å². The first-order valence-electron chi connectivity index (χ1n) is 4.75. The minimum atomic E-state index is -0.258. The van der Waals surface area contributed by atoms with Crippen molar-refractivity contribution in [1.29, 1.82) is 0 Å². The highest BCUT2D eigenvalue weighted by Gasteiger charge is 2.40. The summed E-state index contributed by atoms with van der Waals surface area (Å²) in [7, 11) is 0. The molecule has 3 heteroatoms. The number of halogens is 1. The lowest BCUT2D eigenvalue weighted by Gasteiger charge is -2.09. The molecule has 0 saturated heterocycles. The highest BCUT2D eigenvalue weighted by atomic mass is 19.1. The smallest absolute Gasteiger partial charge is 0.147 e. The van der Waals surface area contributed by atoms with Crippen LogP contribution in [0.15, 0.2) is 24.4 Å². The Hall–Kier alpha value is -1.35. The highest BCUT2D eigenvalue weighted by Crippen LogP contribution is 2.43. The van der Waals surface area contributed by atoms with E-state index in [0.29, 0.717) is 5.52 Å². The Morgan fingerprint density at radius 3 is 2.86 bits per heavy atom. The van der Waals surface area contributed by atoms with Crippen molar-refractivity contribution in [2.75, 3.05) is 0 Å². The van der Waals surface area contributed by atoms with Gasteiger partial charge in [-0.2, -0.15) is 0 Å². The number of hydrogen-bond donors (Lipinski definition) is 2. The molecule has 1 aromatic carbocycles. The van der Waals surface area contributed by atoms with Gasteiger partial charge < -0.3 is 10.7 Å². The summed E-state index contributed by atoms with van der Waals surface area (Å²) < 4.78 is 13.6. The van der Waals surface area contributed by atoms with Crippen molar-refractivity contribution >= 4 is 10.9 Å². The van der Waals surface area contributed by atoms with Crippen LogP contribution < -0.4 is 5.73 Å². The molecule has 1 fully saturated rings. The van der Waals surface area contributed by atoms with Gasteiger partial charge in [0.05, 0.1) is 5.52 Å². The van der Waals surface area contributed by atoms with E-state index in [1.807, 2.05) is 12.1 Å². The summed E-state index contributed by atoms with van der Waals surface area (Å²) in [4.78, 5) is 2.87. The van der Waals surface area contributed by atoms with E-state index < -0.39 is 0 Å². The van der Waals surface area contributed by atoms with Crippen LogP contribution in [0.5, 0.6) is 0 Å². The second-order valence-corrected chi connectivity index (χ2v) is 4.06. The zero-order valence-electron chi connectivity index (χ0n) is 7.68. The van der Waals surface area contributed by atoms with Crippen molar-refractivity contribution in [1.82, 2.24) is 4.98 Å². The Morgan fingerprint density at radius 2 is 2.14 bits per heavy atom. The van der Waals surface area contributed by atoms with Gasteiger partial charge in [0.1, 0.15) is 5.82 Å². The lowest BCUT2D eigenvalue weighted by molar-refractivity contribution is 0.628. The van der Waals surface area contributed by atoms with E-state index in [9.17, 15) is 4.39 Å². The third-order valence-electron chi connectivity index (χ3n) is 2.97. The summed E-state index contributed by atoms with van der Waals surface area (Å²) in [5.74, 6) is -0.209. The van der Waals surface area contributed by atoms with Crippen molar-refractivity contribution in [3.63, 3.8) is 0 Å². The average molecular weight is 190 g/mol. The van der Waals surface area contributed by atoms with E-state index in [0.717, 1.165) is 23.8 Å². The largest absolute Gasteiger partial charge is 0.359 e. The van der Waals surface area contributed by atoms with Gasteiger partial charge in [-0.1, -0.05) is 0 Å². The SMILES string of the molecule is NC1(c2cc(F)c3[nH]ccc3c2)CC1. The molecule has 2 nitrogen and oxygen atoms in total. The zero-order chi connectivity index (χ0) is 9.76. The molecule has 0 unspecified atom stereocenters. The van der Waals surface area contributed by atoms with Gasteiger partial charge in [0, 0.05) is 17.1 Å². The second kappa shape index (κ2) is 2.36. The first-order valence-corrected chi connectivity index (χ1v) is 4.75. The molecule has 0 spiro atoms. The second-order valence-electron chi connectivity index (χ2n) is 4.06. The van der Waals surface area contributed by atoms with E-state index >= 15 is 0 Å². The quantitative estimate of drug-likeness (QED) is 0.711. The van der Waals surface area contributed by atoms with Crippen molar-refractivity contribution in [2.45, 2.75) is 18.4 Å². The van der Waals surface area contributed by atoms with E-state index in [-0.39, 0.29) is 11.4 Å². The molecule has 1 aliphatic rings. The molecule has 0 bridgehead atoms. The number of aromatic amines is 1. The Kier molecular flexibility index (Phi) is 1.35. The molecule has 2 aromatic rings. The molecule has 0 radical (unpaired) electrons. The maximum absolute atomic E-state index is 13.6. The molecular formula is C11H11FN2. The molecule has 1 aliphatic carbocycles. The normalized spacial score (nSPS) is 18.7. The average Bonchev–Trinajstić information content (AvgIpc) is 2.75. The van der Waals surface area contributed by atoms with Gasteiger partial charge in [-0.25, -0.2) is 4.39 Å². The van der Waals surface area contributed by atoms with Crippen LogP contribution in [0.4, 0.5) is 4.39 Å². The number of nitrogens with one attached hydrogen (secondary N) is 1. The number of aromatic nitrogens is 1. The number of rotatable bonds is 1. The van der Waals surface area contributed by atoms with Gasteiger partial charge in [0.15, 0.2) is 0 Å². The van der Waals surface area contributed by atoms with Crippen LogP contribution in [0.3, 0.4) is 0 Å². The maximum atomic E-state index is 13.6. The predicted octanol–water partition coefficient (Wildman–Crippen LogP) is 2.25. The monoisotopic (exact) mass is 190 g/mol. The van der Waals surface area contributed by atoms with Crippen LogP contribution >= 0.6 is 0 Å². The number of hydrogen-bond acceptors (Lipinski definition) is 1. The van der Waals surface area contributed by atoms with E-state index in [4.69, 9.17) is 5.73 Å². The molecule has 1 saturated carbocycles. The van der Waals surface area contributed by atoms with E-state index in [1.165, 1.54) is 0 Å². The fourth-order valence-corrected chi connectivity index (χ4v) is 1.84. The van der Waals surface area contributed by atoms with Gasteiger partial charge in [-0.05, 0) is 36.6 Å². The van der Waals surface area contributed by atoms with Gasteiger partial charge in [-0.3, -0.25) is 0 Å². The van der Waals surface area contributed by atoms with Crippen LogP contribution in [-0.4, -0.2) is 4.98 Å². The maximum Gasteiger partial charge on any atom is 0.147 e. The lowest BCUT2D eigenvalue weighted by Crippen LogP contribution is -2.18. The van der Waals surface area contributed by atoms with Crippen LogP contribution in [-0.2, 0) is 5.54 Å². The molecule has 3 N–H and O–H groups in total. The summed E-state index contributed by atoms with van der Waals surface area (Å²) in [6.45, 7) is 0. The summed E-state index contributed by atoms with van der Waals surface area (Å²) >= 11 is 0. The highest BCUT2D eigenvalue weighted by molar-refractivity contribution is 5.81. The number of benzene rings is 1. The van der Waals surface area contributed by atoms with Crippen molar-refractivity contribution in [2.24, 2.45) is 5.73 Å². The van der Waals surface area contributed by atoms with Gasteiger partial charge in [-0.15, -0.1) is 0 Å². The van der Waals surface area contributed by atoms with Crippen LogP contribution in [0, 0.1) is 5.82 Å². The summed E-state index contributed by atoms with van der Waals surface area (Å²) in [6, 6.07) is 5.39. The molecule has 3 rings (SSSR count). The zero-order valence-corrected chi connectivity index (χ0v) is 7.68. The van der Waals surface area contributed by atoms with Gasteiger partial charge >= 0.3 is 0 Å². The van der Waals surface area contributed by atoms with Crippen LogP contribution in [0.1, 0.15) is 18.4 Å². The minimum absolute atomic E-state index is 0.209. The molecule has 0 aliphatic heterocycles. The third-order valence-corrected chi connectivity index (χ3v) is 2.97. The summed E-state index contributed by atoms with van der Waals surface area (Å²) in [5.41, 5.74) is 7.25. The summed E-state index contributed by atoms with van der Waals surface area (Å²) in [5, 5.41) is 0.900. The standard InChI is InChI=1S/C11H11FN2/c12-9-6-8(11(13)2-3-11)5-7-1-4-14-10(7)9/h1,4-6,14H,2-3,13H2. The topological polar surface area (TPSA) is 41.8 Å². The molecule has 1 aromatic heterocycles. The van der Waals surface area contributed by atoms with Crippen molar-refractivity contribution < 1.29 is 4.39 Å². The Bertz CT molecular complexity index is 497. The summed E-state index contributed by atoms with van der Waals surface area (Å²) in [6.07, 6.45) is 3.67.